The summed E-state index contributed by atoms with van der Waals surface area (Å²) in [6.45, 7) is 11.3. The molecule has 386 valence electrons. The Morgan fingerprint density at radius 3 is 2.12 bits per heavy atom. The minimum Gasteiger partial charge on any atom is -0.465 e. The Labute approximate surface area is 421 Å². The molecule has 12 rings (SSSR count). The van der Waals surface area contributed by atoms with Crippen molar-refractivity contribution in [2.45, 2.75) is 155 Å². The molecule has 0 N–H and O–H groups in total. The molecule has 4 heterocycles. The molecule has 4 aromatic carbocycles. The van der Waals surface area contributed by atoms with Gasteiger partial charge in [0.1, 0.15) is 23.0 Å². The first kappa shape index (κ1) is 51.7. The smallest absolute Gasteiger partial charge is 0.333 e. The molecule has 3 saturated carbocycles. The second-order valence-electron chi connectivity index (χ2n) is 21.3. The Balaban J connectivity index is 0.000000137. The van der Waals surface area contributed by atoms with Gasteiger partial charge in [-0.3, -0.25) is 4.79 Å². The zero-order valence-corrected chi connectivity index (χ0v) is 42.2. The second kappa shape index (κ2) is 21.7. The van der Waals surface area contributed by atoms with E-state index >= 15 is 0 Å². The number of hydrogen-bond donors (Lipinski definition) is 0. The zero-order valence-electron chi connectivity index (χ0n) is 42.2. The number of hydrogen-bond acceptors (Lipinski definition) is 10. The summed E-state index contributed by atoms with van der Waals surface area (Å²) in [5.74, 6) is 3.64. The van der Waals surface area contributed by atoms with E-state index in [0.29, 0.717) is 58.2 Å². The number of Topliss-reactive ketones (excluding diaryl/α,β-unsaturated/α-hetero) is 1. The molecule has 0 amide bonds. The molecule has 3 unspecified atom stereocenters. The number of ketones is 1. The first-order valence-corrected chi connectivity index (χ1v) is 25.9. The van der Waals surface area contributed by atoms with E-state index in [-0.39, 0.29) is 17.3 Å². The largest absolute Gasteiger partial charge is 0.465 e. The standard InChI is InChI=1S/C23H31FO6.C20H25FO2.C16H13FO2/c1-13-5-10-19-14(2)20(26-17-8-6-16(7-9-17)25-15(3)24)27-21-23(19)18(13)11-12-22(4,28-21)29-30-23;1-12(21)23-14-4-6-15-13(11-14)3-5-17-16(15)9-10-20(2)18(17)7-8-19(20)22;17-16(14-9-5-2-6-10-14)19-15(18)12-11-13-7-3-1-4-8-13/h6-9,13-15,18-21H,5,10-12H2,1-4H3;4,6,11-12,16-18H,3,5,7-10H2,1-2H3;1-12,16H/b;;12-11+/t13-,14-,15?,18+,19+,20+,21-,22+,23-;12?,16-,17-,18+,20+;/m11./s1. The van der Waals surface area contributed by atoms with Crippen LogP contribution in [0.5, 0.6) is 17.2 Å². The lowest BCUT2D eigenvalue weighted by Crippen LogP contribution is -2.70. The van der Waals surface area contributed by atoms with Crippen molar-refractivity contribution >= 4 is 17.8 Å². The third-order valence-electron chi connectivity index (χ3n) is 16.7. The normalized spacial score (nSPS) is 34.1. The van der Waals surface area contributed by atoms with Gasteiger partial charge in [0, 0.05) is 55.6 Å². The molecule has 8 aliphatic rings. The molecule has 2 bridgehead atoms. The summed E-state index contributed by atoms with van der Waals surface area (Å²) in [6.07, 6.45) is 7.52. The Morgan fingerprint density at radius 1 is 0.722 bits per heavy atom. The number of carbonyl (C=O) groups excluding carboxylic acids is 2. The van der Waals surface area contributed by atoms with Gasteiger partial charge in [-0.2, -0.15) is 4.39 Å². The van der Waals surface area contributed by atoms with Gasteiger partial charge in [0.05, 0.1) is 0 Å². The van der Waals surface area contributed by atoms with Crippen LogP contribution in [0.3, 0.4) is 0 Å². The van der Waals surface area contributed by atoms with Crippen molar-refractivity contribution in [2.75, 3.05) is 0 Å². The van der Waals surface area contributed by atoms with Gasteiger partial charge in [0.25, 0.3) is 6.36 Å². The Kier molecular flexibility index (Phi) is 15.6. The Morgan fingerprint density at radius 2 is 1.40 bits per heavy atom. The van der Waals surface area contributed by atoms with Crippen LogP contribution in [0.15, 0.2) is 109 Å². The predicted molar refractivity (Wildman–Crippen MR) is 264 cm³/mol. The van der Waals surface area contributed by atoms with Gasteiger partial charge < -0.3 is 28.4 Å². The summed E-state index contributed by atoms with van der Waals surface area (Å²) in [5, 5.41) is 0. The number of benzene rings is 4. The highest BCUT2D eigenvalue weighted by Crippen LogP contribution is 2.62. The van der Waals surface area contributed by atoms with Gasteiger partial charge >= 0.3 is 5.97 Å². The van der Waals surface area contributed by atoms with E-state index in [4.69, 9.17) is 33.5 Å². The summed E-state index contributed by atoms with van der Waals surface area (Å²) in [4.78, 5) is 35.8. The number of carbonyl (C=O) groups is 2. The van der Waals surface area contributed by atoms with Gasteiger partial charge in [-0.1, -0.05) is 87.5 Å². The van der Waals surface area contributed by atoms with Gasteiger partial charge in [-0.25, -0.2) is 23.4 Å². The average Bonchev–Trinajstić information content (AvgIpc) is 3.49. The Hall–Kier alpha value is -5.21. The van der Waals surface area contributed by atoms with Crippen LogP contribution in [0.4, 0.5) is 13.2 Å². The maximum Gasteiger partial charge on any atom is 0.333 e. The highest BCUT2D eigenvalue weighted by Gasteiger charge is 2.69. The molecule has 72 heavy (non-hydrogen) atoms. The molecule has 0 radical (unpaired) electrons. The Bertz CT molecular complexity index is 2510. The third-order valence-corrected chi connectivity index (χ3v) is 16.7. The summed E-state index contributed by atoms with van der Waals surface area (Å²) in [7, 11) is 0. The number of ether oxygens (including phenoxy) is 6. The number of fused-ring (bicyclic) bond motifs is 7. The lowest BCUT2D eigenvalue weighted by Gasteiger charge is -2.60. The number of halogens is 3. The molecule has 4 saturated heterocycles. The van der Waals surface area contributed by atoms with E-state index < -0.39 is 49.0 Å². The van der Waals surface area contributed by atoms with Crippen molar-refractivity contribution in [3.8, 4) is 17.2 Å². The number of rotatable bonds is 10. The van der Waals surface area contributed by atoms with Crippen LogP contribution >= 0.6 is 0 Å². The number of aryl methyl sites for hydroxylation is 1. The highest BCUT2D eigenvalue weighted by molar-refractivity contribution is 5.87. The van der Waals surface area contributed by atoms with Crippen molar-refractivity contribution in [3.05, 3.63) is 131 Å². The van der Waals surface area contributed by atoms with Crippen molar-refractivity contribution < 1.29 is 61.0 Å². The topological polar surface area (TPSA) is 108 Å². The van der Waals surface area contributed by atoms with Gasteiger partial charge in [0.2, 0.25) is 24.8 Å². The van der Waals surface area contributed by atoms with Crippen molar-refractivity contribution in [2.24, 2.45) is 40.9 Å². The first-order chi connectivity index (χ1) is 34.5. The molecule has 1 spiro atoms. The van der Waals surface area contributed by atoms with E-state index in [2.05, 4.69) is 31.6 Å². The quantitative estimate of drug-likeness (QED) is 0.0866. The first-order valence-electron chi connectivity index (χ1n) is 25.9. The minimum atomic E-state index is -1.74. The van der Waals surface area contributed by atoms with E-state index in [1.165, 1.54) is 31.1 Å². The summed E-state index contributed by atoms with van der Waals surface area (Å²) in [5.41, 5.74) is 3.25. The fourth-order valence-corrected chi connectivity index (χ4v) is 13.1. The molecule has 10 nitrogen and oxygen atoms in total. The SMILES string of the molecule is CC(F)Oc1ccc(O[C@H]2O[C@@H]3O[C@]4(C)CC[C@H]5[C@H](C)CC[C@@H]([C@H]2C)[C@@]35OO4)cc1.CC(F)Oc1ccc2c(c1)CC[C@@H]1[C@@H]2CC[C@]2(C)C(=O)CC[C@@H]12.O=C(/C=C/c1ccccc1)OC(F)c1ccccc1. The minimum absolute atomic E-state index is 0.0641. The summed E-state index contributed by atoms with van der Waals surface area (Å²) >= 11 is 0. The average molecular weight is 995 g/mol. The molecular formula is C59H69F3O10. The van der Waals surface area contributed by atoms with E-state index in [1.54, 1.807) is 60.7 Å². The molecule has 4 aliphatic heterocycles. The number of esters is 1. The molecule has 0 aromatic heterocycles. The maximum atomic E-state index is 13.6. The fourth-order valence-electron chi connectivity index (χ4n) is 13.1. The van der Waals surface area contributed by atoms with Crippen molar-refractivity contribution in [3.63, 3.8) is 0 Å². The third kappa shape index (κ3) is 10.9. The second-order valence-corrected chi connectivity index (χ2v) is 21.3. The molecule has 15 atom stereocenters. The lowest BCUT2D eigenvalue weighted by molar-refractivity contribution is -0.575. The van der Waals surface area contributed by atoms with Crippen molar-refractivity contribution in [1.29, 1.82) is 0 Å². The lowest BCUT2D eigenvalue weighted by atomic mass is 9.55. The summed E-state index contributed by atoms with van der Waals surface area (Å²) in [6, 6.07) is 30.6. The number of alkyl halides is 3. The van der Waals surface area contributed by atoms with E-state index in [9.17, 15) is 22.8 Å². The molecule has 7 fully saturated rings. The predicted octanol–water partition coefficient (Wildman–Crippen LogP) is 13.7. The molecule has 4 aliphatic carbocycles. The van der Waals surface area contributed by atoms with Crippen LogP contribution in [-0.4, -0.2) is 48.4 Å². The van der Waals surface area contributed by atoms with E-state index in [1.807, 2.05) is 49.4 Å². The zero-order chi connectivity index (χ0) is 50.8. The fraction of sp³-hybridized carbons (Fsp3) is 0.525. The van der Waals surface area contributed by atoms with Crippen LogP contribution < -0.4 is 14.2 Å². The van der Waals surface area contributed by atoms with Gasteiger partial charge in [-0.05, 0) is 147 Å². The molecule has 13 heteroatoms. The van der Waals surface area contributed by atoms with Crippen molar-refractivity contribution in [1.82, 2.24) is 0 Å². The van der Waals surface area contributed by atoms with Gasteiger partial charge in [-0.15, -0.1) is 0 Å². The van der Waals surface area contributed by atoms with Crippen LogP contribution in [-0.2, 0) is 40.0 Å². The van der Waals surface area contributed by atoms with Crippen LogP contribution in [0, 0.1) is 40.9 Å². The van der Waals surface area contributed by atoms with E-state index in [0.717, 1.165) is 69.8 Å². The molecular weight excluding hydrogens is 926 g/mol. The maximum absolute atomic E-state index is 13.6. The van der Waals surface area contributed by atoms with Gasteiger partial charge in [0.15, 0.2) is 11.9 Å². The van der Waals surface area contributed by atoms with Crippen LogP contribution in [0.1, 0.15) is 134 Å². The van der Waals surface area contributed by atoms with Crippen LogP contribution in [0.2, 0.25) is 0 Å². The van der Waals surface area contributed by atoms with Crippen LogP contribution in [0.25, 0.3) is 6.08 Å². The highest BCUT2D eigenvalue weighted by atomic mass is 19.2. The summed E-state index contributed by atoms with van der Waals surface area (Å²) < 4.78 is 73.7. The monoisotopic (exact) mass is 994 g/mol. The molecule has 4 aromatic rings.